The van der Waals surface area contributed by atoms with E-state index in [2.05, 4.69) is 194 Å². The smallest absolute Gasteiger partial charge is 0.232 e. The molecule has 4 aromatic carbocycles. The first-order valence-corrected chi connectivity index (χ1v) is 50.6. The lowest BCUT2D eigenvalue weighted by atomic mass is 9.95. The SMILES string of the molecule is C=C1CN(CCF)c2c(ncnc2N2CCN(C(=O)[C@H](CNC(C)C)c3ccc(Cl)cc3)CC2)N1.C=C1Nc2ncnc(N3C4CCC3CN(C(=O)[C@H](CNC(C)C)c3ccc(Cl)cc3)C4)c2[C@H](C)O1.C=C1Nc2ncnc(N3CC4CCC(C3)N4C(=O)[C@H](CNC(C)C)c3ccc(Cl)cc3)c2[C@@H](C)O1.C=C1Nc2ncnc(N3CC4CCC(C3)N4C(=O)[C@H](CNC(C)C)c3ccc(Cl)cc3)c2[C@H](C)O1. The van der Waals surface area contributed by atoms with Crippen LogP contribution in [0.2, 0.25) is 20.1 Å². The number of hydrogen-bond acceptors (Lipinski definition) is 28. The fourth-order valence-corrected chi connectivity index (χ4v) is 21.7. The van der Waals surface area contributed by atoms with Crippen molar-refractivity contribution in [1.82, 2.24) is 80.7 Å². The molecule has 32 nitrogen and oxygen atoms in total. The van der Waals surface area contributed by atoms with Crippen molar-refractivity contribution < 1.29 is 37.8 Å². The van der Waals surface area contributed by atoms with Crippen LogP contribution < -0.4 is 67.0 Å². The first-order chi connectivity index (χ1) is 67.3. The minimum absolute atomic E-state index is 0.0989. The second-order valence-corrected chi connectivity index (χ2v) is 40.9. The minimum atomic E-state index is -0.472. The number of hydrogen-bond donors (Lipinski definition) is 8. The van der Waals surface area contributed by atoms with Crippen molar-refractivity contribution in [2.45, 2.75) is 217 Å². The van der Waals surface area contributed by atoms with Gasteiger partial charge in [-0.25, -0.2) is 44.3 Å². The van der Waals surface area contributed by atoms with Crippen molar-refractivity contribution in [1.29, 1.82) is 0 Å². The van der Waals surface area contributed by atoms with Crippen molar-refractivity contribution in [3.63, 3.8) is 0 Å². The van der Waals surface area contributed by atoms with Gasteiger partial charge in [0.2, 0.25) is 23.6 Å². The first kappa shape index (κ1) is 102. The van der Waals surface area contributed by atoms with Gasteiger partial charge < -0.3 is 101 Å². The third-order valence-electron chi connectivity index (χ3n) is 27.9. The molecule has 15 heterocycles. The molecule has 19 rings (SSSR count). The first-order valence-electron chi connectivity index (χ1n) is 49.1. The summed E-state index contributed by atoms with van der Waals surface area (Å²) in [5.41, 5.74) is 8.34. The highest BCUT2D eigenvalue weighted by molar-refractivity contribution is 6.31. The molecule has 8 aromatic rings. The number of aromatic nitrogens is 8. The average Bonchev–Trinajstić information content (AvgIpc) is 1.84. The molecule has 7 fully saturated rings. The van der Waals surface area contributed by atoms with Crippen LogP contribution in [0.25, 0.3) is 0 Å². The van der Waals surface area contributed by atoms with Crippen LogP contribution in [0.1, 0.15) is 196 Å². The van der Waals surface area contributed by atoms with Gasteiger partial charge in [-0.3, -0.25) is 19.2 Å². The normalized spacial score (nSPS) is 22.3. The number of halogens is 5. The third-order valence-corrected chi connectivity index (χ3v) is 28.9. The summed E-state index contributed by atoms with van der Waals surface area (Å²) in [7, 11) is 0. The molecular formula is C103H132Cl4FN25O7. The van der Waals surface area contributed by atoms with Gasteiger partial charge in [-0.15, -0.1) is 0 Å². The van der Waals surface area contributed by atoms with E-state index in [9.17, 15) is 23.6 Å². The molecule has 4 aromatic heterocycles. The van der Waals surface area contributed by atoms with Crippen molar-refractivity contribution in [2.24, 2.45) is 0 Å². The number of rotatable bonds is 26. The van der Waals surface area contributed by atoms with E-state index < -0.39 is 6.67 Å². The van der Waals surface area contributed by atoms with E-state index in [1.54, 1.807) is 19.0 Å². The quantitative estimate of drug-likeness (QED) is 0.0250. The predicted octanol–water partition coefficient (Wildman–Crippen LogP) is 15.5. The second kappa shape index (κ2) is 45.2. The Kier molecular flexibility index (Phi) is 32.8. The van der Waals surface area contributed by atoms with Crippen molar-refractivity contribution in [3.8, 4) is 0 Å². The molecule has 37 heteroatoms. The molecule has 6 bridgehead atoms. The number of amides is 4. The maximum atomic E-state index is 14.0. The Morgan fingerprint density at radius 2 is 0.693 bits per heavy atom. The number of fused-ring (bicyclic) bond motifs is 10. The zero-order valence-corrected chi connectivity index (χ0v) is 84.8. The average molecular weight is 1990 g/mol. The number of piperazine rings is 4. The monoisotopic (exact) mass is 1990 g/mol. The van der Waals surface area contributed by atoms with Gasteiger partial charge in [0.05, 0.1) is 46.9 Å². The van der Waals surface area contributed by atoms with Crippen LogP contribution in [0.4, 0.5) is 56.6 Å². The largest absolute Gasteiger partial charge is 0.471 e. The topological polar surface area (TPSA) is 324 Å². The molecule has 140 heavy (non-hydrogen) atoms. The number of benzene rings is 4. The van der Waals surface area contributed by atoms with E-state index in [4.69, 9.17) is 60.6 Å². The maximum absolute atomic E-state index is 14.0. The Morgan fingerprint density at radius 1 is 0.386 bits per heavy atom. The molecule has 4 amide bonds. The molecule has 6 unspecified atom stereocenters. The number of carbonyl (C=O) groups is 4. The molecule has 0 saturated carbocycles. The molecule has 11 aliphatic rings. The van der Waals surface area contributed by atoms with Crippen LogP contribution in [0, 0.1) is 0 Å². The Balaban J connectivity index is 0.000000135. The summed E-state index contributed by atoms with van der Waals surface area (Å²) < 4.78 is 30.7. The maximum Gasteiger partial charge on any atom is 0.232 e. The molecule has 11 aliphatic heterocycles. The summed E-state index contributed by atoms with van der Waals surface area (Å²) in [6.45, 7) is 47.7. The summed E-state index contributed by atoms with van der Waals surface area (Å²) in [6.07, 6.45) is 11.7. The lowest BCUT2D eigenvalue weighted by Crippen LogP contribution is -2.58. The summed E-state index contributed by atoms with van der Waals surface area (Å²) in [4.78, 5) is 111. The van der Waals surface area contributed by atoms with Gasteiger partial charge in [0.15, 0.2) is 29.3 Å². The number of likely N-dealkylation sites (tertiary alicyclic amines) is 1. The lowest BCUT2D eigenvalue weighted by molar-refractivity contribution is -0.137. The van der Waals surface area contributed by atoms with Gasteiger partial charge in [0.1, 0.15) is 90.9 Å². The summed E-state index contributed by atoms with van der Waals surface area (Å²) in [5.74, 6) is 7.36. The Hall–Kier alpha value is -11.4. The van der Waals surface area contributed by atoms with Gasteiger partial charge in [-0.1, -0.05) is 157 Å². The number of anilines is 9. The predicted molar refractivity (Wildman–Crippen MR) is 552 cm³/mol. The van der Waals surface area contributed by atoms with Crippen molar-refractivity contribution in [3.05, 3.63) is 231 Å². The van der Waals surface area contributed by atoms with Gasteiger partial charge >= 0.3 is 0 Å². The zero-order chi connectivity index (χ0) is 99.0. The van der Waals surface area contributed by atoms with Gasteiger partial charge in [0, 0.05) is 184 Å². The molecule has 0 radical (unpaired) electrons. The van der Waals surface area contributed by atoms with Crippen LogP contribution in [-0.2, 0) is 33.4 Å². The van der Waals surface area contributed by atoms with Gasteiger partial charge in [0.25, 0.3) is 0 Å². The van der Waals surface area contributed by atoms with Crippen LogP contribution >= 0.6 is 46.4 Å². The number of carbonyl (C=O) groups excluding carboxylic acids is 4. The summed E-state index contributed by atoms with van der Waals surface area (Å²) in [5, 5.41) is 29.1. The summed E-state index contributed by atoms with van der Waals surface area (Å²) in [6, 6.07) is 32.6. The molecule has 7 saturated heterocycles. The van der Waals surface area contributed by atoms with E-state index in [1.807, 2.05) is 133 Å². The van der Waals surface area contributed by atoms with Crippen LogP contribution in [0.5, 0.6) is 0 Å². The Bertz CT molecular complexity index is 5530. The van der Waals surface area contributed by atoms with E-state index in [-0.39, 0.29) is 114 Å². The number of nitrogens with one attached hydrogen (secondary N) is 8. The van der Waals surface area contributed by atoms with Crippen LogP contribution in [0.3, 0.4) is 0 Å². The van der Waals surface area contributed by atoms with Crippen molar-refractivity contribution in [2.75, 3.05) is 157 Å². The molecule has 746 valence electrons. The molecule has 0 aliphatic carbocycles. The van der Waals surface area contributed by atoms with Crippen molar-refractivity contribution >= 4 is 122 Å². The third kappa shape index (κ3) is 23.3. The van der Waals surface area contributed by atoms with Crippen LogP contribution in [-0.4, -0.2) is 255 Å². The molecular weight excluding hydrogens is 1860 g/mol. The Labute approximate surface area is 840 Å². The molecule has 0 spiro atoms. The highest BCUT2D eigenvalue weighted by Crippen LogP contribution is 2.48. The molecule has 13 atom stereocenters. The number of ether oxygens (including phenoxy) is 3. The van der Waals surface area contributed by atoms with E-state index in [1.165, 1.54) is 6.33 Å². The van der Waals surface area contributed by atoms with E-state index in [0.29, 0.717) is 134 Å². The Morgan fingerprint density at radius 3 is 1.04 bits per heavy atom. The fourth-order valence-electron chi connectivity index (χ4n) is 21.2. The number of nitrogens with zero attached hydrogens (tertiary/aromatic N) is 17. The van der Waals surface area contributed by atoms with E-state index >= 15 is 0 Å². The van der Waals surface area contributed by atoms with E-state index in [0.717, 1.165) is 156 Å². The standard InChI is InChI=1S/3C26H33ClN6O2.C25H33ClFN7O/c1-15(2)28-11-22(18-5-7-19(27)8-6-18)26(34)32-12-20-9-10-21(13-32)33(20)25-23-16(3)35-17(4)31-24(23)29-14-30-25;2*1-15(2)28-11-22(18-5-7-19(27)8-6-18)26(34)33-20-9-10-21(33)13-32(12-20)25-23-16(3)35-17(4)31-24(23)29-14-30-25;1-17(2)28-14-21(19-4-6-20(26)7-5-19)25(35)33-12-10-32(11-13-33)24-22-23(29-16-30-24)31-18(3)15-34(22)9-8-27/h3*5-8,14-16,20-22,28H,4,9-13H2,1-3H3,(H,29,30,31);4-7,16-17,21,28H,3,8-15H2,1-2H3,(H,29,30,31)/t2*16-,20?,21?,22+;16-,20?,21?,22-;21-/m0011/s1. The van der Waals surface area contributed by atoms with Crippen LogP contribution in [0.15, 0.2) is 172 Å². The molecule has 8 N–H and O–H groups in total. The zero-order valence-electron chi connectivity index (χ0n) is 81.8. The second-order valence-electron chi connectivity index (χ2n) is 39.1. The minimum Gasteiger partial charge on any atom is -0.471 e. The lowest BCUT2D eigenvalue weighted by Gasteiger charge is -2.44. The van der Waals surface area contributed by atoms with Gasteiger partial charge in [-0.05, 0) is 150 Å². The fraction of sp³-hybridized carbons (Fsp3) is 0.495. The number of alkyl halides is 1. The van der Waals surface area contributed by atoms with Gasteiger partial charge in [-0.2, -0.15) is 0 Å². The highest BCUT2D eigenvalue weighted by atomic mass is 35.5. The summed E-state index contributed by atoms with van der Waals surface area (Å²) >= 11 is 24.4. The highest BCUT2D eigenvalue weighted by Gasteiger charge is 2.50.